The molecule has 0 aromatic carbocycles. The maximum Gasteiger partial charge on any atom is 0.265 e. The third-order valence-electron chi connectivity index (χ3n) is 3.05. The number of nitrogens with zero attached hydrogens (tertiary/aromatic N) is 2. The van der Waals surface area contributed by atoms with Crippen molar-refractivity contribution in [3.63, 3.8) is 0 Å². The summed E-state index contributed by atoms with van der Waals surface area (Å²) in [6.45, 7) is 2.35. The number of hydrogen-bond acceptors (Lipinski definition) is 4. The van der Waals surface area contributed by atoms with Crippen LogP contribution in [0.25, 0.3) is 0 Å². The fraction of sp³-hybridized carbons (Fsp3) is 0.583. The molecule has 1 aliphatic rings. The van der Waals surface area contributed by atoms with E-state index in [0.29, 0.717) is 11.3 Å². The zero-order chi connectivity index (χ0) is 12.3. The van der Waals surface area contributed by atoms with Crippen LogP contribution < -0.4 is 0 Å². The van der Waals surface area contributed by atoms with Crippen LogP contribution in [0.15, 0.2) is 11.7 Å². The van der Waals surface area contributed by atoms with Crippen LogP contribution in [-0.4, -0.2) is 34.2 Å². The third-order valence-corrected chi connectivity index (χ3v) is 3.82. The molecule has 2 heterocycles. The number of carbonyl (C=O) groups excluding carboxylic acids is 2. The molecule has 2 rings (SSSR count). The van der Waals surface area contributed by atoms with Gasteiger partial charge in [0.2, 0.25) is 0 Å². The first-order valence-electron chi connectivity index (χ1n) is 5.87. The molecule has 4 nitrogen and oxygen atoms in total. The Balaban J connectivity index is 2.10. The number of hydrogen-bond donors (Lipinski definition) is 0. The minimum absolute atomic E-state index is 0.0263. The van der Waals surface area contributed by atoms with E-state index in [1.165, 1.54) is 11.3 Å². The number of carbonyl (C=O) groups is 2. The van der Waals surface area contributed by atoms with Crippen molar-refractivity contribution in [2.75, 3.05) is 6.54 Å². The molecule has 1 atom stereocenters. The van der Waals surface area contributed by atoms with Crippen molar-refractivity contribution in [3.8, 4) is 0 Å². The Bertz CT molecular complexity index is 403. The monoisotopic (exact) mass is 252 g/mol. The van der Waals surface area contributed by atoms with Crippen LogP contribution in [-0.2, 0) is 4.79 Å². The van der Waals surface area contributed by atoms with Gasteiger partial charge in [0.1, 0.15) is 10.7 Å². The molecule has 0 spiro atoms. The minimum atomic E-state index is 0.0263. The van der Waals surface area contributed by atoms with E-state index in [-0.39, 0.29) is 17.7 Å². The molecule has 1 fully saturated rings. The molecular formula is C12H16N2O2S. The number of rotatable bonds is 3. The van der Waals surface area contributed by atoms with Gasteiger partial charge in [-0.2, -0.15) is 0 Å². The summed E-state index contributed by atoms with van der Waals surface area (Å²) >= 11 is 1.36. The molecule has 1 amide bonds. The molecule has 0 N–H and O–H groups in total. The maximum atomic E-state index is 12.2. The zero-order valence-corrected chi connectivity index (χ0v) is 10.7. The van der Waals surface area contributed by atoms with E-state index in [0.717, 1.165) is 25.8 Å². The average Bonchev–Trinajstić information content (AvgIpc) is 2.81. The number of aromatic nitrogens is 1. The fourth-order valence-corrected chi connectivity index (χ4v) is 2.85. The van der Waals surface area contributed by atoms with Gasteiger partial charge in [0.05, 0.1) is 11.7 Å². The Kier molecular flexibility index (Phi) is 3.89. The lowest BCUT2D eigenvalue weighted by molar-refractivity contribution is -0.118. The summed E-state index contributed by atoms with van der Waals surface area (Å²) in [5, 5.41) is 0. The van der Waals surface area contributed by atoms with Crippen molar-refractivity contribution in [2.45, 2.75) is 38.6 Å². The Labute approximate surface area is 105 Å². The first-order chi connectivity index (χ1) is 8.18. The van der Waals surface area contributed by atoms with E-state index in [1.807, 2.05) is 4.90 Å². The van der Waals surface area contributed by atoms with Gasteiger partial charge in [0, 0.05) is 19.0 Å². The topological polar surface area (TPSA) is 50.3 Å². The Morgan fingerprint density at radius 3 is 3.00 bits per heavy atom. The second kappa shape index (κ2) is 5.40. The Hall–Kier alpha value is -1.23. The normalized spacial score (nSPS) is 20.3. The van der Waals surface area contributed by atoms with E-state index >= 15 is 0 Å². The lowest BCUT2D eigenvalue weighted by Crippen LogP contribution is -2.44. The molecule has 1 unspecified atom stereocenters. The standard InChI is InChI=1S/C12H16N2O2S/c1-9(15)6-10-4-2-3-5-14(10)12(16)11-7-13-8-17-11/h7-8,10H,2-6H2,1H3. The van der Waals surface area contributed by atoms with Crippen LogP contribution in [0.2, 0.25) is 0 Å². The van der Waals surface area contributed by atoms with Crippen molar-refractivity contribution in [1.29, 1.82) is 0 Å². The summed E-state index contributed by atoms with van der Waals surface area (Å²) in [6.07, 6.45) is 5.14. The van der Waals surface area contributed by atoms with Gasteiger partial charge in [-0.3, -0.25) is 14.6 Å². The average molecular weight is 252 g/mol. The van der Waals surface area contributed by atoms with Crippen LogP contribution >= 0.6 is 11.3 Å². The van der Waals surface area contributed by atoms with E-state index in [2.05, 4.69) is 4.98 Å². The molecule has 17 heavy (non-hydrogen) atoms. The minimum Gasteiger partial charge on any atom is -0.334 e. The van der Waals surface area contributed by atoms with Gasteiger partial charge in [-0.1, -0.05) is 0 Å². The van der Waals surface area contributed by atoms with Crippen molar-refractivity contribution in [2.24, 2.45) is 0 Å². The summed E-state index contributed by atoms with van der Waals surface area (Å²) in [5.74, 6) is 0.178. The molecule has 92 valence electrons. The van der Waals surface area contributed by atoms with Crippen LogP contribution in [0.1, 0.15) is 42.3 Å². The first kappa shape index (κ1) is 12.2. The number of amides is 1. The van der Waals surface area contributed by atoms with Crippen molar-refractivity contribution in [1.82, 2.24) is 9.88 Å². The first-order valence-corrected chi connectivity index (χ1v) is 6.75. The fourth-order valence-electron chi connectivity index (χ4n) is 2.27. The van der Waals surface area contributed by atoms with Gasteiger partial charge < -0.3 is 4.90 Å². The summed E-state index contributed by atoms with van der Waals surface area (Å²) in [5.41, 5.74) is 1.66. The summed E-state index contributed by atoms with van der Waals surface area (Å²) in [7, 11) is 0. The van der Waals surface area contributed by atoms with Crippen molar-refractivity contribution < 1.29 is 9.59 Å². The number of likely N-dealkylation sites (tertiary alicyclic amines) is 1. The van der Waals surface area contributed by atoms with E-state index in [1.54, 1.807) is 18.6 Å². The van der Waals surface area contributed by atoms with Crippen molar-refractivity contribution >= 4 is 23.0 Å². The number of thiazole rings is 1. The highest BCUT2D eigenvalue weighted by atomic mass is 32.1. The maximum absolute atomic E-state index is 12.2. The predicted octanol–water partition coefficient (Wildman–Crippen LogP) is 2.12. The molecule has 1 saturated heterocycles. The largest absolute Gasteiger partial charge is 0.334 e. The van der Waals surface area contributed by atoms with Gasteiger partial charge in [0.15, 0.2) is 0 Å². The third kappa shape index (κ3) is 2.91. The smallest absolute Gasteiger partial charge is 0.265 e. The highest BCUT2D eigenvalue weighted by Crippen LogP contribution is 2.23. The van der Waals surface area contributed by atoms with E-state index in [9.17, 15) is 9.59 Å². The highest BCUT2D eigenvalue weighted by Gasteiger charge is 2.28. The molecule has 1 aromatic heterocycles. The lowest BCUT2D eigenvalue weighted by Gasteiger charge is -2.35. The molecular weight excluding hydrogens is 236 g/mol. The molecule has 1 aliphatic heterocycles. The second-order valence-electron chi connectivity index (χ2n) is 4.42. The van der Waals surface area contributed by atoms with Crippen LogP contribution in [0, 0.1) is 0 Å². The van der Waals surface area contributed by atoms with Crippen LogP contribution in [0.4, 0.5) is 0 Å². The molecule has 5 heteroatoms. The van der Waals surface area contributed by atoms with E-state index in [4.69, 9.17) is 0 Å². The Morgan fingerprint density at radius 1 is 1.53 bits per heavy atom. The van der Waals surface area contributed by atoms with Gasteiger partial charge in [-0.15, -0.1) is 11.3 Å². The van der Waals surface area contributed by atoms with Crippen molar-refractivity contribution in [3.05, 3.63) is 16.6 Å². The molecule has 0 saturated carbocycles. The second-order valence-corrected chi connectivity index (χ2v) is 5.31. The lowest BCUT2D eigenvalue weighted by atomic mass is 9.97. The SMILES string of the molecule is CC(=O)CC1CCCCN1C(=O)c1cncs1. The van der Waals surface area contributed by atoms with Crippen LogP contribution in [0.5, 0.6) is 0 Å². The molecule has 1 aromatic rings. The zero-order valence-electron chi connectivity index (χ0n) is 9.89. The number of Topliss-reactive ketones (excluding diaryl/α,β-unsaturated/α-hetero) is 1. The van der Waals surface area contributed by atoms with Crippen LogP contribution in [0.3, 0.4) is 0 Å². The molecule has 0 aliphatic carbocycles. The summed E-state index contributed by atoms with van der Waals surface area (Å²) < 4.78 is 0. The molecule has 0 radical (unpaired) electrons. The van der Waals surface area contributed by atoms with Gasteiger partial charge >= 0.3 is 0 Å². The number of ketones is 1. The number of piperidine rings is 1. The predicted molar refractivity (Wildman–Crippen MR) is 66.1 cm³/mol. The van der Waals surface area contributed by atoms with Gasteiger partial charge in [-0.25, -0.2) is 0 Å². The Morgan fingerprint density at radius 2 is 2.35 bits per heavy atom. The van der Waals surface area contributed by atoms with Gasteiger partial charge in [0.25, 0.3) is 5.91 Å². The molecule has 0 bridgehead atoms. The quantitative estimate of drug-likeness (QED) is 0.828. The summed E-state index contributed by atoms with van der Waals surface area (Å²) in [4.78, 5) is 29.9. The summed E-state index contributed by atoms with van der Waals surface area (Å²) in [6, 6.07) is 0.0795. The highest BCUT2D eigenvalue weighted by molar-refractivity contribution is 7.11. The van der Waals surface area contributed by atoms with Gasteiger partial charge in [-0.05, 0) is 26.2 Å². The van der Waals surface area contributed by atoms with E-state index < -0.39 is 0 Å².